The van der Waals surface area contributed by atoms with Crippen LogP contribution in [0.25, 0.3) is 0 Å². The van der Waals surface area contributed by atoms with Crippen LogP contribution in [-0.4, -0.2) is 40.9 Å². The quantitative estimate of drug-likeness (QED) is 0.893. The maximum absolute atomic E-state index is 11.6. The molecule has 0 atom stereocenters. The number of halogens is 1. The zero-order valence-corrected chi connectivity index (χ0v) is 12.0. The van der Waals surface area contributed by atoms with Gasteiger partial charge in [-0.05, 0) is 24.3 Å². The number of benzene rings is 1. The van der Waals surface area contributed by atoms with E-state index < -0.39 is 6.03 Å². The number of anilines is 1. The van der Waals surface area contributed by atoms with Crippen molar-refractivity contribution in [2.75, 3.05) is 24.2 Å². The molecular formula is C12H12ClN3O3S. The first kappa shape index (κ1) is 14.7. The van der Waals surface area contributed by atoms with Crippen molar-refractivity contribution in [2.24, 2.45) is 0 Å². The molecule has 0 spiro atoms. The summed E-state index contributed by atoms with van der Waals surface area (Å²) < 4.78 is 0. The van der Waals surface area contributed by atoms with Gasteiger partial charge in [-0.3, -0.25) is 14.5 Å². The van der Waals surface area contributed by atoms with E-state index in [0.29, 0.717) is 10.7 Å². The van der Waals surface area contributed by atoms with E-state index in [4.69, 9.17) is 11.6 Å². The monoisotopic (exact) mass is 313 g/mol. The van der Waals surface area contributed by atoms with Crippen molar-refractivity contribution >= 4 is 46.2 Å². The molecule has 1 aliphatic rings. The molecule has 8 heteroatoms. The Balaban J connectivity index is 1.74. The Morgan fingerprint density at radius 1 is 1.30 bits per heavy atom. The molecule has 0 unspecified atom stereocenters. The largest absolute Gasteiger partial charge is 0.336 e. The molecule has 1 aromatic carbocycles. The Labute approximate surface area is 124 Å². The third kappa shape index (κ3) is 3.88. The topological polar surface area (TPSA) is 78.5 Å². The number of amides is 4. The van der Waals surface area contributed by atoms with Crippen LogP contribution in [-0.2, 0) is 4.79 Å². The molecule has 0 saturated carbocycles. The SMILES string of the molecule is O=C(NCCN1C(=O)CSC1=O)Nc1ccc(Cl)cc1. The van der Waals surface area contributed by atoms with Crippen LogP contribution in [0.15, 0.2) is 24.3 Å². The summed E-state index contributed by atoms with van der Waals surface area (Å²) >= 11 is 6.71. The molecular weight excluding hydrogens is 302 g/mol. The van der Waals surface area contributed by atoms with Gasteiger partial charge < -0.3 is 10.6 Å². The zero-order valence-electron chi connectivity index (χ0n) is 10.4. The van der Waals surface area contributed by atoms with Crippen molar-refractivity contribution < 1.29 is 14.4 Å². The molecule has 106 valence electrons. The first-order valence-electron chi connectivity index (χ1n) is 5.84. The fraction of sp³-hybridized carbons (Fsp3) is 0.250. The Morgan fingerprint density at radius 2 is 2.00 bits per heavy atom. The van der Waals surface area contributed by atoms with Gasteiger partial charge in [0.25, 0.3) is 5.24 Å². The molecule has 1 aliphatic heterocycles. The van der Waals surface area contributed by atoms with Crippen LogP contribution in [0, 0.1) is 0 Å². The molecule has 20 heavy (non-hydrogen) atoms. The summed E-state index contributed by atoms with van der Waals surface area (Å²) in [5.41, 5.74) is 0.607. The second kappa shape index (κ2) is 6.62. The number of imide groups is 1. The predicted molar refractivity (Wildman–Crippen MR) is 78.0 cm³/mol. The highest BCUT2D eigenvalue weighted by atomic mass is 35.5. The van der Waals surface area contributed by atoms with E-state index >= 15 is 0 Å². The van der Waals surface area contributed by atoms with Crippen molar-refractivity contribution in [1.29, 1.82) is 0 Å². The summed E-state index contributed by atoms with van der Waals surface area (Å²) in [6.07, 6.45) is 0. The van der Waals surface area contributed by atoms with Gasteiger partial charge >= 0.3 is 6.03 Å². The zero-order chi connectivity index (χ0) is 14.5. The fourth-order valence-corrected chi connectivity index (χ4v) is 2.46. The van der Waals surface area contributed by atoms with Crippen molar-refractivity contribution in [1.82, 2.24) is 10.2 Å². The molecule has 0 bridgehead atoms. The van der Waals surface area contributed by atoms with Crippen LogP contribution >= 0.6 is 23.4 Å². The first-order chi connectivity index (χ1) is 9.56. The number of nitrogens with one attached hydrogen (secondary N) is 2. The highest BCUT2D eigenvalue weighted by Gasteiger charge is 2.29. The summed E-state index contributed by atoms with van der Waals surface area (Å²) in [5, 5.41) is 5.50. The maximum atomic E-state index is 11.6. The number of thioether (sulfide) groups is 1. The van der Waals surface area contributed by atoms with Gasteiger partial charge in [0.1, 0.15) is 0 Å². The van der Waals surface area contributed by atoms with Crippen LogP contribution in [0.5, 0.6) is 0 Å². The number of urea groups is 1. The minimum Gasteiger partial charge on any atom is -0.336 e. The highest BCUT2D eigenvalue weighted by Crippen LogP contribution is 2.17. The summed E-state index contributed by atoms with van der Waals surface area (Å²) in [5.74, 6) is -0.0459. The Morgan fingerprint density at radius 3 is 2.60 bits per heavy atom. The van der Waals surface area contributed by atoms with Crippen LogP contribution in [0.4, 0.5) is 15.3 Å². The third-order valence-corrected chi connectivity index (χ3v) is 3.67. The molecule has 2 rings (SSSR count). The van der Waals surface area contributed by atoms with E-state index in [1.807, 2.05) is 0 Å². The molecule has 1 saturated heterocycles. The number of hydrogen-bond acceptors (Lipinski definition) is 4. The third-order valence-electron chi connectivity index (χ3n) is 2.56. The number of carbonyl (C=O) groups is 3. The molecule has 4 amide bonds. The fourth-order valence-electron chi connectivity index (χ4n) is 1.59. The maximum Gasteiger partial charge on any atom is 0.319 e. The van der Waals surface area contributed by atoms with Gasteiger partial charge in [0.2, 0.25) is 5.91 Å². The van der Waals surface area contributed by atoms with Crippen molar-refractivity contribution in [3.63, 3.8) is 0 Å². The molecule has 1 fully saturated rings. The lowest BCUT2D eigenvalue weighted by Gasteiger charge is -2.13. The second-order valence-electron chi connectivity index (χ2n) is 3.99. The average molecular weight is 314 g/mol. The van der Waals surface area contributed by atoms with Gasteiger partial charge in [-0.15, -0.1) is 0 Å². The second-order valence-corrected chi connectivity index (χ2v) is 5.35. The standard InChI is InChI=1S/C12H12ClN3O3S/c13-8-1-3-9(4-2-8)15-11(18)14-5-6-16-10(17)7-20-12(16)19/h1-4H,5-7H2,(H2,14,15,18). The number of rotatable bonds is 4. The Kier molecular flexibility index (Phi) is 4.86. The Bertz CT molecular complexity index is 519. The lowest BCUT2D eigenvalue weighted by atomic mass is 10.3. The van der Waals surface area contributed by atoms with E-state index in [0.717, 1.165) is 16.7 Å². The van der Waals surface area contributed by atoms with Crippen LogP contribution in [0.1, 0.15) is 0 Å². The molecule has 0 aromatic heterocycles. The first-order valence-corrected chi connectivity index (χ1v) is 7.20. The molecule has 6 nitrogen and oxygen atoms in total. The van der Waals surface area contributed by atoms with E-state index in [-0.39, 0.29) is 30.0 Å². The van der Waals surface area contributed by atoms with E-state index in [1.165, 1.54) is 0 Å². The van der Waals surface area contributed by atoms with Crippen molar-refractivity contribution in [2.45, 2.75) is 0 Å². The highest BCUT2D eigenvalue weighted by molar-refractivity contribution is 8.14. The number of hydrogen-bond donors (Lipinski definition) is 2. The summed E-state index contributed by atoms with van der Waals surface area (Å²) in [6.45, 7) is 0.385. The molecule has 2 N–H and O–H groups in total. The average Bonchev–Trinajstić information content (AvgIpc) is 2.73. The molecule has 1 heterocycles. The smallest absolute Gasteiger partial charge is 0.319 e. The number of carbonyl (C=O) groups excluding carboxylic acids is 3. The predicted octanol–water partition coefficient (Wildman–Crippen LogP) is 2.16. The Hall–Kier alpha value is -1.73. The molecule has 0 radical (unpaired) electrons. The minimum absolute atomic E-state index is 0.176. The van der Waals surface area contributed by atoms with Crippen molar-refractivity contribution in [3.05, 3.63) is 29.3 Å². The minimum atomic E-state index is -0.404. The van der Waals surface area contributed by atoms with Gasteiger partial charge in [0.15, 0.2) is 0 Å². The van der Waals surface area contributed by atoms with Gasteiger partial charge in [0.05, 0.1) is 5.75 Å². The van der Waals surface area contributed by atoms with E-state index in [9.17, 15) is 14.4 Å². The van der Waals surface area contributed by atoms with E-state index in [2.05, 4.69) is 10.6 Å². The van der Waals surface area contributed by atoms with Crippen molar-refractivity contribution in [3.8, 4) is 0 Å². The van der Waals surface area contributed by atoms with Crippen LogP contribution < -0.4 is 10.6 Å². The summed E-state index contributed by atoms with van der Waals surface area (Å²) in [6, 6.07) is 6.27. The lowest BCUT2D eigenvalue weighted by molar-refractivity contribution is -0.124. The van der Waals surface area contributed by atoms with Crippen LogP contribution in [0.3, 0.4) is 0 Å². The van der Waals surface area contributed by atoms with Gasteiger partial charge in [-0.1, -0.05) is 23.4 Å². The lowest BCUT2D eigenvalue weighted by Crippen LogP contribution is -2.38. The molecule has 0 aliphatic carbocycles. The summed E-state index contributed by atoms with van der Waals surface area (Å²) in [4.78, 5) is 35.4. The number of nitrogens with zero attached hydrogens (tertiary/aromatic N) is 1. The summed E-state index contributed by atoms with van der Waals surface area (Å²) in [7, 11) is 0. The normalized spacial score (nSPS) is 14.6. The molecule has 1 aromatic rings. The van der Waals surface area contributed by atoms with Gasteiger partial charge in [0, 0.05) is 23.8 Å². The van der Waals surface area contributed by atoms with Gasteiger partial charge in [-0.25, -0.2) is 4.79 Å². The van der Waals surface area contributed by atoms with E-state index in [1.54, 1.807) is 24.3 Å². The van der Waals surface area contributed by atoms with Crippen LogP contribution in [0.2, 0.25) is 5.02 Å². The van der Waals surface area contributed by atoms with Gasteiger partial charge in [-0.2, -0.15) is 0 Å².